The Kier molecular flexibility index (Phi) is 32.8. The number of nitrogens with zero attached hydrogens (tertiary/aromatic N) is 15. The summed E-state index contributed by atoms with van der Waals surface area (Å²) < 4.78 is 238. The Balaban J connectivity index is 0.000000580. The van der Waals surface area contributed by atoms with Gasteiger partial charge in [0, 0.05) is 143 Å². The molecule has 0 aromatic carbocycles. The van der Waals surface area contributed by atoms with Crippen LogP contribution in [0.5, 0.6) is 0 Å². The summed E-state index contributed by atoms with van der Waals surface area (Å²) in [5.74, 6) is -3.26. The second-order valence-electron chi connectivity index (χ2n) is 17.3. The van der Waals surface area contributed by atoms with Gasteiger partial charge in [0.15, 0.2) is 0 Å². The van der Waals surface area contributed by atoms with Crippen molar-refractivity contribution < 1.29 is 184 Å². The summed E-state index contributed by atoms with van der Waals surface area (Å²) in [6.07, 6.45) is -10.5. The largest absolute Gasteiger partial charge is 0.421 e. The zero-order valence-electron chi connectivity index (χ0n) is 46.8. The first-order valence-electron chi connectivity index (χ1n) is 24.0. The normalized spacial score (nSPS) is 11.0. The van der Waals surface area contributed by atoms with Crippen LogP contribution in [0.15, 0.2) is 98.5 Å². The van der Waals surface area contributed by atoms with E-state index >= 15 is 0 Å². The number of hydrogen-bond acceptors (Lipinski definition) is 15. The molecule has 0 spiro atoms. The number of aryl methyl sites for hydroxylation is 5. The molecule has 15 nitrogen and oxygen atoms in total. The first kappa shape index (κ1) is 85.1. The number of pyridine rings is 5. The van der Waals surface area contributed by atoms with Crippen LogP contribution in [-0.2, 0) is 131 Å². The van der Waals surface area contributed by atoms with E-state index in [-0.39, 0.29) is 180 Å². The third-order valence-corrected chi connectivity index (χ3v) is 10.4. The van der Waals surface area contributed by atoms with Gasteiger partial charge >= 0.3 is 30.9 Å². The minimum Gasteiger partial charge on any atom is -0.344 e. The van der Waals surface area contributed by atoms with Gasteiger partial charge in [0.25, 0.3) is 0 Å². The molecule has 10 aromatic heterocycles. The molecule has 10 heterocycles. The van der Waals surface area contributed by atoms with Crippen LogP contribution in [-0.4, -0.2) is 74.8 Å². The molecular weight excluding hydrogens is 2190 g/mol. The van der Waals surface area contributed by atoms with Gasteiger partial charge in [-0.15, -0.1) is 71.8 Å². The van der Waals surface area contributed by atoms with Crippen LogP contribution in [0.25, 0.3) is 56.3 Å². The summed E-state index contributed by atoms with van der Waals surface area (Å²) in [4.78, 5) is 52.7. The van der Waals surface area contributed by atoms with Crippen molar-refractivity contribution in [2.45, 2.75) is 65.5 Å². The second kappa shape index (κ2) is 36.3. The average molecular weight is 2220 g/mol. The van der Waals surface area contributed by atoms with Gasteiger partial charge in [-0.1, -0.05) is 13.8 Å². The molecule has 0 amide bonds. The molecule has 0 N–H and O–H groups in total. The Hall–Kier alpha value is -6.93. The molecule has 0 aliphatic rings. The van der Waals surface area contributed by atoms with Gasteiger partial charge in [-0.05, 0) is 78.7 Å². The van der Waals surface area contributed by atoms with Crippen LogP contribution in [0.3, 0.4) is 0 Å². The maximum Gasteiger partial charge on any atom is 0.421 e. The summed E-state index contributed by atoms with van der Waals surface area (Å²) in [5.41, 5.74) is -3.20. The molecule has 10 rings (SSSR count). The molecular formula is C55H31F19Ir5N15-5. The van der Waals surface area contributed by atoms with Crippen LogP contribution < -0.4 is 0 Å². The van der Waals surface area contributed by atoms with Gasteiger partial charge in [-0.2, -0.15) is 100 Å². The molecule has 0 bridgehead atoms. The number of aromatic nitrogens is 15. The van der Waals surface area contributed by atoms with Crippen molar-refractivity contribution in [3.05, 3.63) is 210 Å². The SMILES string of the molecule is Cc1cc(-c2cnc(F)cn2)[c-]c(C(F)(F)F)n1.Cc1cc(-c2cncc(F)n2)[c-]c(C(F)(F)F)n1.Cc1cc(-c2cnccn2)[c-]c(C(F)(F)F)n1.Cc1nc(C(F)(F)F)c[c-]c1-c1cnc(F)cn1.Cc1nc(C(F)(F)F)c[c-]c1-c1cncc(F)n1.[Ir].[Ir].[Ir].[Ir].[Ir]. The quantitative estimate of drug-likeness (QED) is 0.117. The van der Waals surface area contributed by atoms with Crippen molar-refractivity contribution in [2.24, 2.45) is 0 Å². The van der Waals surface area contributed by atoms with Crippen LogP contribution in [0, 0.1) is 88.7 Å². The van der Waals surface area contributed by atoms with E-state index in [9.17, 15) is 83.4 Å². The molecule has 0 saturated carbocycles. The number of alkyl halides is 15. The Labute approximate surface area is 585 Å². The molecule has 0 aliphatic carbocycles. The summed E-state index contributed by atoms with van der Waals surface area (Å²) in [6, 6.07) is 16.8. The van der Waals surface area contributed by atoms with E-state index in [0.717, 1.165) is 49.4 Å². The Morgan fingerprint density at radius 2 is 0.649 bits per heavy atom. The Bertz CT molecular complexity index is 4040. The number of rotatable bonds is 5. The predicted octanol–water partition coefficient (Wildman–Crippen LogP) is 13.9. The van der Waals surface area contributed by atoms with Gasteiger partial charge in [-0.25, -0.2) is 9.97 Å². The van der Waals surface area contributed by atoms with E-state index in [1.165, 1.54) is 77.6 Å². The topological polar surface area (TPSA) is 193 Å². The smallest absolute Gasteiger partial charge is 0.344 e. The molecule has 509 valence electrons. The van der Waals surface area contributed by atoms with Gasteiger partial charge in [-0.3, -0.25) is 44.9 Å². The van der Waals surface area contributed by atoms with Crippen LogP contribution >= 0.6 is 0 Å². The first-order valence-corrected chi connectivity index (χ1v) is 24.0. The van der Waals surface area contributed by atoms with E-state index in [1.54, 1.807) is 0 Å². The van der Waals surface area contributed by atoms with E-state index in [2.05, 4.69) is 105 Å². The zero-order chi connectivity index (χ0) is 65.8. The molecule has 10 aromatic rings. The fourth-order valence-corrected chi connectivity index (χ4v) is 6.75. The molecule has 0 saturated heterocycles. The maximum atomic E-state index is 12.9. The van der Waals surface area contributed by atoms with E-state index < -0.39 is 83.1 Å². The standard InChI is InChI=1S/4C11H6F4N3.C11H7F3N3.5Ir/c1-6-2-7(3-9(18-6)11(13,14)15)8-4-17-10(12)5-16-8;1-6-2-7(3-9(17-6)11(13,14)15)8-4-16-5-10(12)18-8;1-6-7(8-4-17-10(12)5-16-8)2-3-9(18-6)11(13,14)15;1-6-7(8-4-16-5-10(12)18-8)2-3-9(17-6)11(13,14)15;1-7-4-8(9-6-15-2-3-16-9)5-10(17-7)11(12,13)14;;;;;/h2*2,4-5H,1H3;2*3-5H,1H3;2-4,6H,1H3;;;;;/q5*-1;;;;;. The van der Waals surface area contributed by atoms with E-state index in [0.29, 0.717) is 11.8 Å². The maximum absolute atomic E-state index is 12.9. The van der Waals surface area contributed by atoms with Crippen molar-refractivity contribution in [3.63, 3.8) is 0 Å². The molecule has 0 fully saturated rings. The molecule has 39 heteroatoms. The monoisotopic (exact) mass is 2230 g/mol. The molecule has 0 aliphatic heterocycles. The minimum atomic E-state index is -4.61. The van der Waals surface area contributed by atoms with E-state index in [4.69, 9.17) is 0 Å². The summed E-state index contributed by atoms with van der Waals surface area (Å²) in [6.45, 7) is 7.07. The fraction of sp³-hybridized carbons (Fsp3) is 0.182. The number of hydrogen-bond donors (Lipinski definition) is 0. The van der Waals surface area contributed by atoms with Crippen LogP contribution in [0.1, 0.15) is 56.9 Å². The van der Waals surface area contributed by atoms with Gasteiger partial charge in [0.1, 0.15) is 0 Å². The van der Waals surface area contributed by atoms with Gasteiger partial charge in [0.2, 0.25) is 23.8 Å². The molecule has 94 heavy (non-hydrogen) atoms. The minimum absolute atomic E-state index is 0. The molecule has 0 atom stereocenters. The Morgan fingerprint density at radius 1 is 0.309 bits per heavy atom. The molecule has 0 unspecified atom stereocenters. The average Bonchev–Trinajstić information content (AvgIpc) is 1.21. The van der Waals surface area contributed by atoms with Crippen molar-refractivity contribution in [1.29, 1.82) is 0 Å². The third-order valence-electron chi connectivity index (χ3n) is 10.4. The van der Waals surface area contributed by atoms with Crippen LogP contribution in [0.4, 0.5) is 83.4 Å². The second-order valence-corrected chi connectivity index (χ2v) is 17.3. The van der Waals surface area contributed by atoms with Crippen molar-refractivity contribution >= 4 is 0 Å². The Morgan fingerprint density at radius 3 is 0.979 bits per heavy atom. The third kappa shape index (κ3) is 25.7. The van der Waals surface area contributed by atoms with Crippen molar-refractivity contribution in [2.75, 3.05) is 0 Å². The van der Waals surface area contributed by atoms with Gasteiger partial charge in [0.05, 0.1) is 53.3 Å². The molecule has 5 radical (unpaired) electrons. The number of halogens is 19. The van der Waals surface area contributed by atoms with Gasteiger partial charge < -0.3 is 19.9 Å². The fourth-order valence-electron chi connectivity index (χ4n) is 6.75. The summed E-state index contributed by atoms with van der Waals surface area (Å²) >= 11 is 0. The zero-order valence-corrected chi connectivity index (χ0v) is 58.8. The van der Waals surface area contributed by atoms with Crippen LogP contribution in [0.2, 0.25) is 0 Å². The first-order chi connectivity index (χ1) is 41.4. The van der Waals surface area contributed by atoms with E-state index in [1.807, 2.05) is 0 Å². The predicted molar refractivity (Wildman–Crippen MR) is 269 cm³/mol. The van der Waals surface area contributed by atoms with Crippen molar-refractivity contribution in [1.82, 2.24) is 74.8 Å². The summed E-state index contributed by atoms with van der Waals surface area (Å²) in [7, 11) is 0. The summed E-state index contributed by atoms with van der Waals surface area (Å²) in [5, 5.41) is 0. The van der Waals surface area contributed by atoms with Crippen molar-refractivity contribution in [3.8, 4) is 56.3 Å².